The van der Waals surface area contributed by atoms with Crippen LogP contribution >= 0.6 is 0 Å². The van der Waals surface area contributed by atoms with Gasteiger partial charge in [-0.05, 0) is 30.7 Å². The summed E-state index contributed by atoms with van der Waals surface area (Å²) in [5.74, 6) is 0.376. The number of hydrogen-bond acceptors (Lipinski definition) is 4. The van der Waals surface area contributed by atoms with E-state index in [4.69, 9.17) is 9.84 Å². The Hall–Kier alpha value is -1.40. The minimum Gasteiger partial charge on any atom is -0.488 e. The van der Waals surface area contributed by atoms with Crippen LogP contribution in [0, 0.1) is 6.92 Å². The molecule has 6 heteroatoms. The molecule has 0 fully saturated rings. The van der Waals surface area contributed by atoms with Gasteiger partial charge in [0.2, 0.25) is 0 Å². The smallest absolute Gasteiger partial charge is 0.272 e. The van der Waals surface area contributed by atoms with Crippen LogP contribution in [-0.4, -0.2) is 42.5 Å². The van der Waals surface area contributed by atoms with Crippen LogP contribution in [0.5, 0.6) is 5.75 Å². The topological polar surface area (TPSA) is 61.7 Å². The van der Waals surface area contributed by atoms with Crippen molar-refractivity contribution in [3.63, 3.8) is 0 Å². The summed E-state index contributed by atoms with van der Waals surface area (Å²) >= 11 is 0. The first-order valence-electron chi connectivity index (χ1n) is 5.57. The third-order valence-corrected chi connectivity index (χ3v) is 2.31. The first-order chi connectivity index (χ1) is 8.52. The molecule has 0 heterocycles. The molecule has 0 spiro atoms. The Balaban J connectivity index is 2.56. The lowest BCUT2D eigenvalue weighted by Crippen LogP contribution is -2.23. The van der Waals surface area contributed by atoms with Gasteiger partial charge in [-0.1, -0.05) is 0 Å². The second kappa shape index (κ2) is 7.13. The molecule has 0 aliphatic carbocycles. The van der Waals surface area contributed by atoms with E-state index < -0.39 is 19.1 Å². The van der Waals surface area contributed by atoms with Crippen molar-refractivity contribution in [3.05, 3.63) is 23.8 Å². The van der Waals surface area contributed by atoms with E-state index in [1.165, 1.54) is 0 Å². The van der Waals surface area contributed by atoms with Crippen LogP contribution in [0.1, 0.15) is 5.56 Å². The fourth-order valence-electron chi connectivity index (χ4n) is 1.38. The summed E-state index contributed by atoms with van der Waals surface area (Å²) in [7, 11) is 0. The first-order valence-corrected chi connectivity index (χ1v) is 5.57. The van der Waals surface area contributed by atoms with E-state index in [9.17, 15) is 13.9 Å². The molecule has 0 bridgehead atoms. The van der Waals surface area contributed by atoms with Gasteiger partial charge >= 0.3 is 0 Å². The molecular weight excluding hydrogens is 244 g/mol. The van der Waals surface area contributed by atoms with Crippen molar-refractivity contribution in [2.45, 2.75) is 19.5 Å². The van der Waals surface area contributed by atoms with Crippen LogP contribution in [-0.2, 0) is 0 Å². The number of anilines is 1. The highest BCUT2D eigenvalue weighted by Crippen LogP contribution is 2.21. The Labute approximate surface area is 104 Å². The van der Waals surface area contributed by atoms with Crippen LogP contribution in [0.15, 0.2) is 18.2 Å². The Morgan fingerprint density at radius 2 is 2.11 bits per heavy atom. The summed E-state index contributed by atoms with van der Waals surface area (Å²) in [6.45, 7) is 1.06. The maximum atomic E-state index is 12.0. The fraction of sp³-hybridized carbons (Fsp3) is 0.500. The summed E-state index contributed by atoms with van der Waals surface area (Å²) in [5, 5.41) is 20.8. The lowest BCUT2D eigenvalue weighted by Gasteiger charge is -2.13. The maximum absolute atomic E-state index is 12.0. The molecule has 18 heavy (non-hydrogen) atoms. The lowest BCUT2D eigenvalue weighted by atomic mass is 10.2. The number of alkyl halides is 2. The van der Waals surface area contributed by atoms with Gasteiger partial charge in [0.1, 0.15) is 12.4 Å². The molecule has 1 rings (SSSR count). The van der Waals surface area contributed by atoms with E-state index in [2.05, 4.69) is 5.32 Å². The molecule has 0 aliphatic rings. The number of hydrogen-bond donors (Lipinski definition) is 3. The molecule has 1 aromatic rings. The normalized spacial score (nSPS) is 12.6. The average Bonchev–Trinajstić information content (AvgIpc) is 2.34. The second-order valence-electron chi connectivity index (χ2n) is 3.90. The molecule has 3 N–H and O–H groups in total. The first kappa shape index (κ1) is 14.7. The highest BCUT2D eigenvalue weighted by atomic mass is 19.3. The monoisotopic (exact) mass is 261 g/mol. The Kier molecular flexibility index (Phi) is 5.80. The SMILES string of the molecule is Cc1cc(OCC(F)F)ccc1NCC(O)CO. The molecule has 0 amide bonds. The Morgan fingerprint density at radius 3 is 2.67 bits per heavy atom. The van der Waals surface area contributed by atoms with Crippen molar-refractivity contribution in [2.75, 3.05) is 25.1 Å². The molecule has 102 valence electrons. The lowest BCUT2D eigenvalue weighted by molar-refractivity contribution is 0.0819. The zero-order valence-electron chi connectivity index (χ0n) is 10.1. The fourth-order valence-corrected chi connectivity index (χ4v) is 1.38. The summed E-state index contributed by atoms with van der Waals surface area (Å²) in [6, 6.07) is 4.89. The van der Waals surface area contributed by atoms with Crippen molar-refractivity contribution in [3.8, 4) is 5.75 Å². The molecule has 0 aromatic heterocycles. The van der Waals surface area contributed by atoms with Crippen LogP contribution in [0.4, 0.5) is 14.5 Å². The van der Waals surface area contributed by atoms with Crippen molar-refractivity contribution >= 4 is 5.69 Å². The summed E-state index contributed by atoms with van der Waals surface area (Å²) in [6.07, 6.45) is -3.33. The van der Waals surface area contributed by atoms with Crippen molar-refractivity contribution in [2.24, 2.45) is 0 Å². The standard InChI is InChI=1S/C12H17F2NO3/c1-8-4-10(18-7-12(13)14)2-3-11(8)15-5-9(17)6-16/h2-4,9,12,15-17H,5-7H2,1H3. The van der Waals surface area contributed by atoms with Gasteiger partial charge in [0.25, 0.3) is 6.43 Å². The predicted molar refractivity (Wildman–Crippen MR) is 64.3 cm³/mol. The summed E-state index contributed by atoms with van der Waals surface area (Å²) < 4.78 is 28.8. The number of halogens is 2. The predicted octanol–water partition coefficient (Wildman–Crippen LogP) is 1.40. The van der Waals surface area contributed by atoms with Gasteiger partial charge in [-0.15, -0.1) is 0 Å². The van der Waals surface area contributed by atoms with Crippen LogP contribution < -0.4 is 10.1 Å². The van der Waals surface area contributed by atoms with E-state index in [0.29, 0.717) is 5.75 Å². The molecule has 1 atom stereocenters. The maximum Gasteiger partial charge on any atom is 0.272 e. The van der Waals surface area contributed by atoms with Gasteiger partial charge in [-0.2, -0.15) is 0 Å². The number of ether oxygens (including phenoxy) is 1. The van der Waals surface area contributed by atoms with Gasteiger partial charge in [0.15, 0.2) is 0 Å². The van der Waals surface area contributed by atoms with E-state index >= 15 is 0 Å². The number of aryl methyl sites for hydroxylation is 1. The Morgan fingerprint density at radius 1 is 1.39 bits per heavy atom. The van der Waals surface area contributed by atoms with Crippen LogP contribution in [0.25, 0.3) is 0 Å². The number of benzene rings is 1. The summed E-state index contributed by atoms with van der Waals surface area (Å²) in [5.41, 5.74) is 1.57. The van der Waals surface area contributed by atoms with Crippen molar-refractivity contribution in [1.29, 1.82) is 0 Å². The summed E-state index contributed by atoms with van der Waals surface area (Å²) in [4.78, 5) is 0. The van der Waals surface area contributed by atoms with Gasteiger partial charge in [-0.25, -0.2) is 8.78 Å². The Bertz CT molecular complexity index is 374. The minimum absolute atomic E-state index is 0.217. The third-order valence-electron chi connectivity index (χ3n) is 2.31. The minimum atomic E-state index is -2.50. The number of aliphatic hydroxyl groups is 2. The molecule has 0 saturated carbocycles. The van der Waals surface area contributed by atoms with E-state index in [1.807, 2.05) is 0 Å². The second-order valence-corrected chi connectivity index (χ2v) is 3.90. The van der Waals surface area contributed by atoms with Crippen molar-refractivity contribution in [1.82, 2.24) is 0 Å². The largest absolute Gasteiger partial charge is 0.488 e. The molecule has 0 aliphatic heterocycles. The molecular formula is C12H17F2NO3. The molecule has 0 radical (unpaired) electrons. The third kappa shape index (κ3) is 4.85. The van der Waals surface area contributed by atoms with Crippen LogP contribution in [0.3, 0.4) is 0 Å². The average molecular weight is 261 g/mol. The van der Waals surface area contributed by atoms with Crippen molar-refractivity contribution < 1.29 is 23.7 Å². The van der Waals surface area contributed by atoms with E-state index in [0.717, 1.165) is 11.3 Å². The van der Waals surface area contributed by atoms with Gasteiger partial charge in [-0.3, -0.25) is 0 Å². The molecule has 0 saturated heterocycles. The van der Waals surface area contributed by atoms with E-state index in [-0.39, 0.29) is 13.2 Å². The zero-order chi connectivity index (χ0) is 13.5. The number of nitrogens with one attached hydrogen (secondary N) is 1. The highest BCUT2D eigenvalue weighted by molar-refractivity contribution is 5.53. The number of aliphatic hydroxyl groups excluding tert-OH is 2. The number of rotatable bonds is 7. The van der Waals surface area contributed by atoms with E-state index in [1.54, 1.807) is 25.1 Å². The van der Waals surface area contributed by atoms with Gasteiger partial charge < -0.3 is 20.3 Å². The van der Waals surface area contributed by atoms with Crippen LogP contribution in [0.2, 0.25) is 0 Å². The zero-order valence-corrected chi connectivity index (χ0v) is 10.1. The highest BCUT2D eigenvalue weighted by Gasteiger charge is 2.06. The van der Waals surface area contributed by atoms with Gasteiger partial charge in [0, 0.05) is 12.2 Å². The molecule has 1 unspecified atom stereocenters. The molecule has 4 nitrogen and oxygen atoms in total. The van der Waals surface area contributed by atoms with Gasteiger partial charge in [0.05, 0.1) is 12.7 Å². The molecule has 1 aromatic carbocycles. The quantitative estimate of drug-likeness (QED) is 0.694.